The Hall–Kier alpha value is -1.32. The highest BCUT2D eigenvalue weighted by Crippen LogP contribution is 2.38. The van der Waals surface area contributed by atoms with Crippen molar-refractivity contribution in [3.63, 3.8) is 0 Å². The van der Waals surface area contributed by atoms with E-state index in [0.717, 1.165) is 24.0 Å². The fourth-order valence-electron chi connectivity index (χ4n) is 3.10. The molecule has 1 N–H and O–H groups in total. The SMILES string of the molecule is C1=C(c2ccc3nccn3c2)CC2CNCC12.Cl. The Bertz CT molecular complexity index is 602. The summed E-state index contributed by atoms with van der Waals surface area (Å²) in [6.45, 7) is 2.33. The molecule has 0 bridgehead atoms. The van der Waals surface area contributed by atoms with Crippen LogP contribution in [0.5, 0.6) is 0 Å². The highest BCUT2D eigenvalue weighted by Gasteiger charge is 2.31. The molecule has 2 unspecified atom stereocenters. The maximum atomic E-state index is 4.28. The Morgan fingerprint density at radius 2 is 2.22 bits per heavy atom. The lowest BCUT2D eigenvalue weighted by atomic mass is 9.99. The number of nitrogens with one attached hydrogen (secondary N) is 1. The zero-order valence-electron chi connectivity index (χ0n) is 10.0. The lowest BCUT2D eigenvalue weighted by Gasteiger charge is -2.07. The van der Waals surface area contributed by atoms with Crippen LogP contribution >= 0.6 is 12.4 Å². The van der Waals surface area contributed by atoms with Gasteiger partial charge in [0.1, 0.15) is 5.65 Å². The average Bonchev–Trinajstić information content (AvgIpc) is 3.02. The van der Waals surface area contributed by atoms with E-state index in [1.54, 1.807) is 0 Å². The van der Waals surface area contributed by atoms with Gasteiger partial charge >= 0.3 is 0 Å². The van der Waals surface area contributed by atoms with E-state index in [9.17, 15) is 0 Å². The van der Waals surface area contributed by atoms with Crippen molar-refractivity contribution in [2.24, 2.45) is 11.8 Å². The number of rotatable bonds is 1. The van der Waals surface area contributed by atoms with Crippen LogP contribution in [-0.4, -0.2) is 22.5 Å². The first-order valence-corrected chi connectivity index (χ1v) is 6.25. The molecule has 1 saturated heterocycles. The largest absolute Gasteiger partial charge is 0.316 e. The zero-order chi connectivity index (χ0) is 11.2. The molecule has 2 aromatic rings. The first-order valence-electron chi connectivity index (χ1n) is 6.25. The number of nitrogens with zero attached hydrogens (tertiary/aromatic N) is 2. The molecule has 18 heavy (non-hydrogen) atoms. The van der Waals surface area contributed by atoms with Gasteiger partial charge < -0.3 is 9.72 Å². The molecule has 2 aliphatic rings. The van der Waals surface area contributed by atoms with Gasteiger partial charge in [-0.3, -0.25) is 0 Å². The highest BCUT2D eigenvalue weighted by molar-refractivity contribution is 5.85. The van der Waals surface area contributed by atoms with Crippen molar-refractivity contribution >= 4 is 23.6 Å². The molecule has 3 heterocycles. The number of pyridine rings is 1. The number of aromatic nitrogens is 2. The third-order valence-electron chi connectivity index (χ3n) is 4.05. The number of halogens is 1. The minimum absolute atomic E-state index is 0. The van der Waals surface area contributed by atoms with Gasteiger partial charge in [-0.25, -0.2) is 4.98 Å². The average molecular weight is 262 g/mol. The summed E-state index contributed by atoms with van der Waals surface area (Å²) in [6.07, 6.45) is 9.74. The van der Waals surface area contributed by atoms with Gasteiger partial charge in [-0.05, 0) is 48.1 Å². The van der Waals surface area contributed by atoms with Crippen LogP contribution in [0.1, 0.15) is 12.0 Å². The van der Waals surface area contributed by atoms with Crippen LogP contribution in [0.15, 0.2) is 36.8 Å². The number of hydrogen-bond acceptors (Lipinski definition) is 2. The Kier molecular flexibility index (Phi) is 2.88. The predicted molar refractivity (Wildman–Crippen MR) is 74.9 cm³/mol. The van der Waals surface area contributed by atoms with Crippen molar-refractivity contribution in [2.75, 3.05) is 13.1 Å². The van der Waals surface area contributed by atoms with E-state index in [1.165, 1.54) is 24.1 Å². The number of allylic oxidation sites excluding steroid dienone is 1. The second kappa shape index (κ2) is 4.41. The van der Waals surface area contributed by atoms with Gasteiger partial charge in [-0.2, -0.15) is 0 Å². The van der Waals surface area contributed by atoms with Crippen LogP contribution < -0.4 is 5.32 Å². The topological polar surface area (TPSA) is 29.3 Å². The lowest BCUT2D eigenvalue weighted by Crippen LogP contribution is -2.09. The summed E-state index contributed by atoms with van der Waals surface area (Å²) in [5.41, 5.74) is 3.89. The molecule has 4 heteroatoms. The summed E-state index contributed by atoms with van der Waals surface area (Å²) in [5.74, 6) is 1.58. The van der Waals surface area contributed by atoms with Crippen LogP contribution in [-0.2, 0) is 0 Å². The Balaban J connectivity index is 0.000001000. The molecule has 4 rings (SSSR count). The normalized spacial score (nSPS) is 25.9. The number of hydrogen-bond donors (Lipinski definition) is 1. The molecule has 0 radical (unpaired) electrons. The first-order chi connectivity index (χ1) is 8.40. The number of fused-ring (bicyclic) bond motifs is 2. The van der Waals surface area contributed by atoms with Crippen LogP contribution in [0.2, 0.25) is 0 Å². The van der Waals surface area contributed by atoms with E-state index < -0.39 is 0 Å². The molecule has 1 aliphatic carbocycles. The van der Waals surface area contributed by atoms with Crippen molar-refractivity contribution in [1.82, 2.24) is 14.7 Å². The minimum atomic E-state index is 0. The van der Waals surface area contributed by atoms with Crippen LogP contribution in [0.4, 0.5) is 0 Å². The van der Waals surface area contributed by atoms with E-state index in [2.05, 4.69) is 39.1 Å². The predicted octanol–water partition coefficient (Wildman–Crippen LogP) is 2.38. The van der Waals surface area contributed by atoms with Gasteiger partial charge in [0.2, 0.25) is 0 Å². The van der Waals surface area contributed by atoms with Gasteiger partial charge in [0.15, 0.2) is 0 Å². The van der Waals surface area contributed by atoms with Crippen LogP contribution in [0, 0.1) is 11.8 Å². The first kappa shape index (κ1) is 11.8. The molecule has 2 aromatic heterocycles. The molecule has 1 aliphatic heterocycles. The Morgan fingerprint density at radius 3 is 3.11 bits per heavy atom. The maximum absolute atomic E-state index is 4.28. The molecule has 2 atom stereocenters. The Labute approximate surface area is 112 Å². The summed E-state index contributed by atoms with van der Waals surface area (Å²) in [4.78, 5) is 4.28. The number of imidazole rings is 1. The standard InChI is InChI=1S/C14H15N3.ClH/c1-2-14-16-3-4-17(14)9-10(1)11-5-12-7-15-8-13(12)6-11;/h1-5,9,12-13,15H,6-8H2;1H. The molecule has 94 valence electrons. The highest BCUT2D eigenvalue weighted by atomic mass is 35.5. The van der Waals surface area contributed by atoms with E-state index in [0.29, 0.717) is 0 Å². The summed E-state index contributed by atoms with van der Waals surface area (Å²) in [7, 11) is 0. The van der Waals surface area contributed by atoms with Crippen molar-refractivity contribution in [3.8, 4) is 0 Å². The third kappa shape index (κ3) is 1.74. The van der Waals surface area contributed by atoms with Crippen LogP contribution in [0.25, 0.3) is 11.2 Å². The van der Waals surface area contributed by atoms with Crippen molar-refractivity contribution < 1.29 is 0 Å². The van der Waals surface area contributed by atoms with Crippen molar-refractivity contribution in [1.29, 1.82) is 0 Å². The zero-order valence-corrected chi connectivity index (χ0v) is 10.9. The maximum Gasteiger partial charge on any atom is 0.136 e. The van der Waals surface area contributed by atoms with Gasteiger partial charge in [-0.1, -0.05) is 6.08 Å². The van der Waals surface area contributed by atoms with Crippen molar-refractivity contribution in [3.05, 3.63) is 42.4 Å². The summed E-state index contributed by atoms with van der Waals surface area (Å²) in [6, 6.07) is 4.30. The van der Waals surface area contributed by atoms with Gasteiger partial charge in [0.25, 0.3) is 0 Å². The lowest BCUT2D eigenvalue weighted by molar-refractivity contribution is 0.536. The van der Waals surface area contributed by atoms with Gasteiger partial charge in [0.05, 0.1) is 0 Å². The second-order valence-corrected chi connectivity index (χ2v) is 5.09. The van der Waals surface area contributed by atoms with E-state index in [-0.39, 0.29) is 12.4 Å². The smallest absolute Gasteiger partial charge is 0.136 e. The molecule has 1 fully saturated rings. The molecule has 0 spiro atoms. The van der Waals surface area contributed by atoms with Crippen molar-refractivity contribution in [2.45, 2.75) is 6.42 Å². The fraction of sp³-hybridized carbons (Fsp3) is 0.357. The molecular formula is C14H16ClN3. The quantitative estimate of drug-likeness (QED) is 0.854. The van der Waals surface area contributed by atoms with Crippen LogP contribution in [0.3, 0.4) is 0 Å². The third-order valence-corrected chi connectivity index (χ3v) is 4.05. The summed E-state index contributed by atoms with van der Waals surface area (Å²) >= 11 is 0. The summed E-state index contributed by atoms with van der Waals surface area (Å²) < 4.78 is 2.10. The van der Waals surface area contributed by atoms with Gasteiger partial charge in [-0.15, -0.1) is 12.4 Å². The van der Waals surface area contributed by atoms with Gasteiger partial charge in [0, 0.05) is 25.1 Å². The van der Waals surface area contributed by atoms with E-state index in [4.69, 9.17) is 0 Å². The van der Waals surface area contributed by atoms with E-state index in [1.807, 2.05) is 12.4 Å². The second-order valence-electron chi connectivity index (χ2n) is 5.09. The molecule has 0 saturated carbocycles. The Morgan fingerprint density at radius 1 is 1.28 bits per heavy atom. The fourth-order valence-corrected chi connectivity index (χ4v) is 3.10. The summed E-state index contributed by atoms with van der Waals surface area (Å²) in [5, 5.41) is 3.46. The molecule has 0 aromatic carbocycles. The minimum Gasteiger partial charge on any atom is -0.316 e. The molecule has 0 amide bonds. The monoisotopic (exact) mass is 261 g/mol. The van der Waals surface area contributed by atoms with E-state index >= 15 is 0 Å². The molecule has 3 nitrogen and oxygen atoms in total. The molecular weight excluding hydrogens is 246 g/mol.